The maximum Gasteiger partial charge on any atom is 0.498 e. The van der Waals surface area contributed by atoms with Gasteiger partial charge in [-0.05, 0) is 33.8 Å². The van der Waals surface area contributed by atoms with Gasteiger partial charge in [0.15, 0.2) is 0 Å². The second-order valence-electron chi connectivity index (χ2n) is 6.74. The minimum atomic E-state index is -0.353. The molecule has 2 aliphatic rings. The Balaban J connectivity index is 1.89. The summed E-state index contributed by atoms with van der Waals surface area (Å²) in [5.41, 5.74) is 0.376. The Hall–Kier alpha value is -1.11. The molecule has 0 unspecified atom stereocenters. The zero-order valence-electron chi connectivity index (χ0n) is 13.3. The molecular weight excluding hydrogens is 265 g/mol. The van der Waals surface area contributed by atoms with E-state index < -0.39 is 0 Å². The lowest BCUT2D eigenvalue weighted by atomic mass is 9.79. The standard InChI is InChI=1S/C15H24BN3O2/c1-14(2)15(3,4)21-16(20-14)12-6-5-7-18-13(12)19-10-8-17-9-11-19/h5-7,17H,8-11H2,1-4H3. The molecule has 21 heavy (non-hydrogen) atoms. The van der Waals surface area contributed by atoms with Gasteiger partial charge in [0.2, 0.25) is 0 Å². The van der Waals surface area contributed by atoms with E-state index in [1.807, 2.05) is 12.3 Å². The highest BCUT2D eigenvalue weighted by Gasteiger charge is 2.52. The number of nitrogens with one attached hydrogen (secondary N) is 1. The molecule has 0 spiro atoms. The lowest BCUT2D eigenvalue weighted by Gasteiger charge is -2.32. The summed E-state index contributed by atoms with van der Waals surface area (Å²) < 4.78 is 12.4. The maximum absolute atomic E-state index is 6.18. The van der Waals surface area contributed by atoms with Gasteiger partial charge in [-0.3, -0.25) is 0 Å². The van der Waals surface area contributed by atoms with Crippen molar-refractivity contribution < 1.29 is 9.31 Å². The van der Waals surface area contributed by atoms with Crippen molar-refractivity contribution in [3.63, 3.8) is 0 Å². The molecular formula is C15H24BN3O2. The summed E-state index contributed by atoms with van der Waals surface area (Å²) in [6.45, 7) is 12.2. The van der Waals surface area contributed by atoms with E-state index in [0.717, 1.165) is 37.5 Å². The fraction of sp³-hybridized carbons (Fsp3) is 0.667. The highest BCUT2D eigenvalue weighted by Crippen LogP contribution is 2.37. The van der Waals surface area contributed by atoms with Crippen LogP contribution in [0.5, 0.6) is 0 Å². The first-order valence-electron chi connectivity index (χ1n) is 7.67. The van der Waals surface area contributed by atoms with Crippen molar-refractivity contribution in [1.29, 1.82) is 0 Å². The molecule has 2 saturated heterocycles. The minimum Gasteiger partial charge on any atom is -0.399 e. The molecule has 1 aromatic rings. The molecule has 0 saturated carbocycles. The average molecular weight is 289 g/mol. The fourth-order valence-electron chi connectivity index (χ4n) is 2.70. The molecule has 0 atom stereocenters. The molecule has 0 aromatic carbocycles. The molecule has 2 fully saturated rings. The summed E-state index contributed by atoms with van der Waals surface area (Å²) in [7, 11) is -0.353. The number of rotatable bonds is 2. The number of pyridine rings is 1. The quantitative estimate of drug-likeness (QED) is 0.816. The molecule has 3 heterocycles. The van der Waals surface area contributed by atoms with Crippen LogP contribution < -0.4 is 15.7 Å². The Bertz CT molecular complexity index is 499. The lowest BCUT2D eigenvalue weighted by molar-refractivity contribution is 0.00578. The summed E-state index contributed by atoms with van der Waals surface area (Å²) in [6.07, 6.45) is 1.84. The molecule has 1 aromatic heterocycles. The van der Waals surface area contributed by atoms with Gasteiger partial charge in [0.05, 0.1) is 11.2 Å². The van der Waals surface area contributed by atoms with E-state index in [1.54, 1.807) is 0 Å². The van der Waals surface area contributed by atoms with Crippen LogP contribution in [0.3, 0.4) is 0 Å². The highest BCUT2D eigenvalue weighted by molar-refractivity contribution is 6.63. The van der Waals surface area contributed by atoms with Crippen LogP contribution in [-0.4, -0.2) is 49.5 Å². The smallest absolute Gasteiger partial charge is 0.399 e. The number of hydrogen-bond acceptors (Lipinski definition) is 5. The Morgan fingerprint density at radius 3 is 2.38 bits per heavy atom. The van der Waals surface area contributed by atoms with Gasteiger partial charge in [0.25, 0.3) is 0 Å². The third-order valence-electron chi connectivity index (χ3n) is 4.74. The third-order valence-corrected chi connectivity index (χ3v) is 4.74. The molecule has 0 radical (unpaired) electrons. The van der Waals surface area contributed by atoms with Crippen molar-refractivity contribution in [2.45, 2.75) is 38.9 Å². The van der Waals surface area contributed by atoms with Crippen molar-refractivity contribution in [1.82, 2.24) is 10.3 Å². The van der Waals surface area contributed by atoms with Gasteiger partial charge in [-0.25, -0.2) is 4.98 Å². The van der Waals surface area contributed by atoms with Gasteiger partial charge in [-0.2, -0.15) is 0 Å². The molecule has 1 N–H and O–H groups in total. The van der Waals surface area contributed by atoms with E-state index in [-0.39, 0.29) is 18.3 Å². The number of piperazine rings is 1. The first-order chi connectivity index (χ1) is 9.91. The third kappa shape index (κ3) is 2.68. The summed E-state index contributed by atoms with van der Waals surface area (Å²) >= 11 is 0. The molecule has 6 heteroatoms. The number of nitrogens with zero attached hydrogens (tertiary/aromatic N) is 2. The lowest BCUT2D eigenvalue weighted by Crippen LogP contribution is -2.48. The molecule has 114 valence electrons. The highest BCUT2D eigenvalue weighted by atomic mass is 16.7. The van der Waals surface area contributed by atoms with Crippen molar-refractivity contribution in [3.05, 3.63) is 18.3 Å². The Labute approximate surface area is 127 Å². The predicted octanol–water partition coefficient (Wildman–Crippen LogP) is 0.790. The normalized spacial score (nSPS) is 24.4. The molecule has 5 nitrogen and oxygen atoms in total. The Morgan fingerprint density at radius 1 is 1.14 bits per heavy atom. The van der Waals surface area contributed by atoms with Crippen molar-refractivity contribution >= 4 is 18.4 Å². The average Bonchev–Trinajstić information content (AvgIpc) is 2.68. The van der Waals surface area contributed by atoms with Crippen LogP contribution in [0.15, 0.2) is 18.3 Å². The van der Waals surface area contributed by atoms with Gasteiger partial charge in [-0.1, -0.05) is 6.07 Å². The largest absolute Gasteiger partial charge is 0.498 e. The molecule has 2 aliphatic heterocycles. The van der Waals surface area contributed by atoms with E-state index in [0.29, 0.717) is 0 Å². The summed E-state index contributed by atoms with van der Waals surface area (Å²) in [5, 5.41) is 3.37. The molecule has 0 amide bonds. The second kappa shape index (κ2) is 5.27. The van der Waals surface area contributed by atoms with Gasteiger partial charge in [-0.15, -0.1) is 0 Å². The van der Waals surface area contributed by atoms with Crippen molar-refractivity contribution in [3.8, 4) is 0 Å². The van der Waals surface area contributed by atoms with E-state index in [1.165, 1.54) is 0 Å². The van der Waals surface area contributed by atoms with Crippen LogP contribution in [0.1, 0.15) is 27.7 Å². The van der Waals surface area contributed by atoms with Crippen molar-refractivity contribution in [2.75, 3.05) is 31.1 Å². The monoisotopic (exact) mass is 289 g/mol. The zero-order valence-corrected chi connectivity index (χ0v) is 13.3. The maximum atomic E-state index is 6.18. The van der Waals surface area contributed by atoms with Crippen LogP contribution in [-0.2, 0) is 9.31 Å². The molecule has 3 rings (SSSR count). The summed E-state index contributed by atoms with van der Waals surface area (Å²) in [6, 6.07) is 4.01. The summed E-state index contributed by atoms with van der Waals surface area (Å²) in [4.78, 5) is 6.88. The van der Waals surface area contributed by atoms with Crippen LogP contribution in [0, 0.1) is 0 Å². The van der Waals surface area contributed by atoms with Crippen LogP contribution in [0.25, 0.3) is 0 Å². The van der Waals surface area contributed by atoms with Gasteiger partial charge < -0.3 is 19.5 Å². The zero-order chi connectivity index (χ0) is 15.1. The fourth-order valence-corrected chi connectivity index (χ4v) is 2.70. The van der Waals surface area contributed by atoms with E-state index in [4.69, 9.17) is 9.31 Å². The first-order valence-corrected chi connectivity index (χ1v) is 7.67. The van der Waals surface area contributed by atoms with Crippen molar-refractivity contribution in [2.24, 2.45) is 0 Å². The van der Waals surface area contributed by atoms with E-state index in [9.17, 15) is 0 Å². The number of anilines is 1. The van der Waals surface area contributed by atoms with Gasteiger partial charge >= 0.3 is 7.12 Å². The van der Waals surface area contributed by atoms with E-state index in [2.05, 4.69) is 49.0 Å². The van der Waals surface area contributed by atoms with Gasteiger partial charge in [0, 0.05) is 37.8 Å². The second-order valence-corrected chi connectivity index (χ2v) is 6.74. The Kier molecular flexibility index (Phi) is 3.72. The van der Waals surface area contributed by atoms with Crippen LogP contribution in [0.4, 0.5) is 5.82 Å². The van der Waals surface area contributed by atoms with Crippen LogP contribution >= 0.6 is 0 Å². The molecule has 0 bridgehead atoms. The number of hydrogen-bond donors (Lipinski definition) is 1. The van der Waals surface area contributed by atoms with Gasteiger partial charge in [0.1, 0.15) is 5.82 Å². The minimum absolute atomic E-state index is 0.325. The first kappa shape index (κ1) is 14.8. The summed E-state index contributed by atoms with van der Waals surface area (Å²) in [5.74, 6) is 0.984. The topological polar surface area (TPSA) is 46.6 Å². The molecule has 0 aliphatic carbocycles. The Morgan fingerprint density at radius 2 is 1.76 bits per heavy atom. The van der Waals surface area contributed by atoms with E-state index >= 15 is 0 Å². The SMILES string of the molecule is CC1(C)OB(c2cccnc2N2CCNCC2)OC1(C)C. The van der Waals surface area contributed by atoms with Crippen LogP contribution in [0.2, 0.25) is 0 Å². The number of aromatic nitrogens is 1. The predicted molar refractivity (Wildman–Crippen MR) is 85.0 cm³/mol.